The summed E-state index contributed by atoms with van der Waals surface area (Å²) in [5.41, 5.74) is 1.23. The minimum absolute atomic E-state index is 0.0416. The van der Waals surface area contributed by atoms with Crippen molar-refractivity contribution in [3.8, 4) is 0 Å². The molecular weight excluding hydrogens is 307 g/mol. The van der Waals surface area contributed by atoms with Gasteiger partial charge in [-0.15, -0.1) is 0 Å². The first kappa shape index (κ1) is 13.9. The van der Waals surface area contributed by atoms with E-state index >= 15 is 0 Å². The van der Waals surface area contributed by atoms with E-state index in [0.29, 0.717) is 17.5 Å². The monoisotopic (exact) mass is 320 g/mol. The third kappa shape index (κ3) is 3.51. The Labute approximate surface area is 120 Å². The van der Waals surface area contributed by atoms with E-state index in [2.05, 4.69) is 15.9 Å². The Hall–Kier alpha value is -1.48. The Bertz CT molecular complexity index is 581. The highest BCUT2D eigenvalue weighted by Gasteiger charge is 2.17. The number of ketones is 1. The highest BCUT2D eigenvalue weighted by Crippen LogP contribution is 2.20. The maximum absolute atomic E-state index is 13.7. The highest BCUT2D eigenvalue weighted by atomic mass is 79.9. The predicted octanol–water partition coefficient (Wildman–Crippen LogP) is 4.65. The van der Waals surface area contributed by atoms with Crippen LogP contribution in [-0.4, -0.2) is 5.78 Å². The Morgan fingerprint density at radius 1 is 1.21 bits per heavy atom. The van der Waals surface area contributed by atoms with Crippen LogP contribution in [0.25, 0.3) is 0 Å². The van der Waals surface area contributed by atoms with E-state index in [1.54, 1.807) is 24.3 Å². The summed E-state index contributed by atoms with van der Waals surface area (Å²) < 4.78 is 14.5. The van der Waals surface area contributed by atoms with Crippen molar-refractivity contribution in [2.75, 3.05) is 0 Å². The molecule has 0 aliphatic heterocycles. The molecule has 0 aliphatic carbocycles. The lowest BCUT2D eigenvalue weighted by atomic mass is 9.93. The number of carbonyl (C=O) groups is 1. The fourth-order valence-electron chi connectivity index (χ4n) is 2.01. The summed E-state index contributed by atoms with van der Waals surface area (Å²) in [6.07, 6.45) is 0.402. The van der Waals surface area contributed by atoms with Crippen LogP contribution < -0.4 is 0 Å². The molecule has 0 N–H and O–H groups in total. The minimum atomic E-state index is -0.268. The van der Waals surface area contributed by atoms with Gasteiger partial charge in [0.1, 0.15) is 5.82 Å². The zero-order chi connectivity index (χ0) is 13.8. The van der Waals surface area contributed by atoms with Crippen molar-refractivity contribution in [1.29, 1.82) is 0 Å². The van der Waals surface area contributed by atoms with Crippen LogP contribution in [0.2, 0.25) is 0 Å². The fourth-order valence-corrected chi connectivity index (χ4v) is 2.42. The molecule has 3 heteroatoms. The molecule has 98 valence electrons. The minimum Gasteiger partial charge on any atom is -0.294 e. The molecular formula is C16H14BrFO. The number of hydrogen-bond acceptors (Lipinski definition) is 1. The van der Waals surface area contributed by atoms with Crippen molar-refractivity contribution in [3.63, 3.8) is 0 Å². The molecule has 2 rings (SSSR count). The van der Waals surface area contributed by atoms with Crippen LogP contribution in [-0.2, 0) is 6.42 Å². The molecule has 2 aromatic rings. The molecule has 1 unspecified atom stereocenters. The number of benzene rings is 2. The molecule has 0 heterocycles. The van der Waals surface area contributed by atoms with Crippen molar-refractivity contribution >= 4 is 21.7 Å². The SMILES string of the molecule is CC(Cc1cc(Br)ccc1F)C(=O)c1ccccc1. The molecule has 1 atom stereocenters. The van der Waals surface area contributed by atoms with Crippen molar-refractivity contribution in [2.45, 2.75) is 13.3 Å². The second-order valence-corrected chi connectivity index (χ2v) is 5.49. The summed E-state index contributed by atoms with van der Waals surface area (Å²) >= 11 is 3.32. The highest BCUT2D eigenvalue weighted by molar-refractivity contribution is 9.10. The molecule has 0 aliphatic rings. The summed E-state index contributed by atoms with van der Waals surface area (Å²) in [4.78, 5) is 12.2. The van der Waals surface area contributed by atoms with Gasteiger partial charge in [-0.25, -0.2) is 4.39 Å². The van der Waals surface area contributed by atoms with Gasteiger partial charge in [-0.05, 0) is 30.2 Å². The van der Waals surface area contributed by atoms with E-state index in [9.17, 15) is 9.18 Å². The van der Waals surface area contributed by atoms with Crippen molar-refractivity contribution < 1.29 is 9.18 Å². The van der Waals surface area contributed by atoms with Crippen molar-refractivity contribution in [1.82, 2.24) is 0 Å². The number of halogens is 2. The summed E-state index contributed by atoms with van der Waals surface area (Å²) in [6, 6.07) is 13.9. The lowest BCUT2D eigenvalue weighted by Crippen LogP contribution is -2.14. The zero-order valence-corrected chi connectivity index (χ0v) is 12.2. The number of rotatable bonds is 4. The third-order valence-corrected chi connectivity index (χ3v) is 3.53. The Morgan fingerprint density at radius 2 is 1.89 bits per heavy atom. The zero-order valence-electron chi connectivity index (χ0n) is 10.6. The van der Waals surface area contributed by atoms with Crippen LogP contribution >= 0.6 is 15.9 Å². The van der Waals surface area contributed by atoms with Crippen molar-refractivity contribution in [2.24, 2.45) is 5.92 Å². The van der Waals surface area contributed by atoms with Crippen LogP contribution in [0.5, 0.6) is 0 Å². The lowest BCUT2D eigenvalue weighted by Gasteiger charge is -2.11. The Balaban J connectivity index is 2.15. The second-order valence-electron chi connectivity index (χ2n) is 4.57. The number of Topliss-reactive ketones (excluding diaryl/α,β-unsaturated/α-hetero) is 1. The Morgan fingerprint density at radius 3 is 2.58 bits per heavy atom. The van der Waals surface area contributed by atoms with Crippen LogP contribution in [0.3, 0.4) is 0 Å². The predicted molar refractivity (Wildman–Crippen MR) is 77.7 cm³/mol. The first-order chi connectivity index (χ1) is 9.08. The van der Waals surface area contributed by atoms with Crippen LogP contribution in [0, 0.1) is 11.7 Å². The smallest absolute Gasteiger partial charge is 0.165 e. The normalized spacial score (nSPS) is 12.2. The maximum atomic E-state index is 13.7. The molecule has 0 saturated carbocycles. The van der Waals surface area contributed by atoms with Crippen LogP contribution in [0.4, 0.5) is 4.39 Å². The molecule has 0 fully saturated rings. The van der Waals surface area contributed by atoms with E-state index in [-0.39, 0.29) is 17.5 Å². The quantitative estimate of drug-likeness (QED) is 0.749. The molecule has 2 aromatic carbocycles. The summed E-state index contributed by atoms with van der Waals surface area (Å²) in [5.74, 6) is -0.470. The molecule has 0 amide bonds. The van der Waals surface area contributed by atoms with E-state index < -0.39 is 0 Å². The molecule has 0 radical (unpaired) electrons. The first-order valence-electron chi connectivity index (χ1n) is 6.11. The third-order valence-electron chi connectivity index (χ3n) is 3.04. The maximum Gasteiger partial charge on any atom is 0.165 e. The van der Waals surface area contributed by atoms with Gasteiger partial charge in [-0.3, -0.25) is 4.79 Å². The Kier molecular flexibility index (Phi) is 4.48. The van der Waals surface area contributed by atoms with E-state index in [1.807, 2.05) is 25.1 Å². The van der Waals surface area contributed by atoms with Gasteiger partial charge in [0.15, 0.2) is 5.78 Å². The number of carbonyl (C=O) groups excluding carboxylic acids is 1. The van der Waals surface area contributed by atoms with E-state index in [1.165, 1.54) is 6.07 Å². The fraction of sp³-hybridized carbons (Fsp3) is 0.188. The lowest BCUT2D eigenvalue weighted by molar-refractivity contribution is 0.0929. The molecule has 0 bridgehead atoms. The molecule has 0 spiro atoms. The number of hydrogen-bond donors (Lipinski definition) is 0. The summed E-state index contributed by atoms with van der Waals surface area (Å²) in [6.45, 7) is 1.83. The molecule has 1 nitrogen and oxygen atoms in total. The van der Waals surface area contributed by atoms with E-state index in [4.69, 9.17) is 0 Å². The van der Waals surface area contributed by atoms with Gasteiger partial charge in [0.25, 0.3) is 0 Å². The van der Waals surface area contributed by atoms with Crippen LogP contribution in [0.1, 0.15) is 22.8 Å². The van der Waals surface area contributed by atoms with Crippen LogP contribution in [0.15, 0.2) is 53.0 Å². The average molecular weight is 321 g/mol. The molecule has 19 heavy (non-hydrogen) atoms. The summed E-state index contributed by atoms with van der Waals surface area (Å²) in [7, 11) is 0. The second kappa shape index (κ2) is 6.11. The first-order valence-corrected chi connectivity index (χ1v) is 6.90. The van der Waals surface area contributed by atoms with Gasteiger partial charge in [-0.1, -0.05) is 53.2 Å². The largest absolute Gasteiger partial charge is 0.294 e. The van der Waals surface area contributed by atoms with Gasteiger partial charge in [0.2, 0.25) is 0 Å². The summed E-state index contributed by atoms with van der Waals surface area (Å²) in [5, 5.41) is 0. The molecule has 0 saturated heterocycles. The standard InChI is InChI=1S/C16H14BrFO/c1-11(16(19)12-5-3-2-4-6-12)9-13-10-14(17)7-8-15(13)18/h2-8,10-11H,9H2,1H3. The van der Waals surface area contributed by atoms with Gasteiger partial charge >= 0.3 is 0 Å². The topological polar surface area (TPSA) is 17.1 Å². The van der Waals surface area contributed by atoms with Gasteiger partial charge in [0, 0.05) is 16.0 Å². The van der Waals surface area contributed by atoms with Gasteiger partial charge < -0.3 is 0 Å². The average Bonchev–Trinajstić information content (AvgIpc) is 2.43. The van der Waals surface area contributed by atoms with E-state index in [0.717, 1.165) is 4.47 Å². The van der Waals surface area contributed by atoms with Gasteiger partial charge in [0.05, 0.1) is 0 Å². The van der Waals surface area contributed by atoms with Gasteiger partial charge in [-0.2, -0.15) is 0 Å². The van der Waals surface area contributed by atoms with Crippen molar-refractivity contribution in [3.05, 3.63) is 69.9 Å². The molecule has 0 aromatic heterocycles.